The van der Waals surface area contributed by atoms with Crippen molar-refractivity contribution in [2.45, 2.75) is 38.1 Å². The van der Waals surface area contributed by atoms with Crippen molar-refractivity contribution in [1.82, 2.24) is 14.5 Å². The van der Waals surface area contributed by atoms with Crippen molar-refractivity contribution in [2.24, 2.45) is 14.1 Å². The number of hydrogen-bond acceptors (Lipinski definition) is 3. The fourth-order valence-electron chi connectivity index (χ4n) is 2.46. The summed E-state index contributed by atoms with van der Waals surface area (Å²) in [4.78, 5) is 35.5. The Labute approximate surface area is 111 Å². The van der Waals surface area contributed by atoms with Crippen LogP contribution in [0.3, 0.4) is 0 Å². The highest BCUT2D eigenvalue weighted by Crippen LogP contribution is 2.17. The number of hydrogen-bond donors (Lipinski definition) is 1. The van der Waals surface area contributed by atoms with Crippen LogP contribution in [-0.4, -0.2) is 21.1 Å². The molecule has 104 valence electrons. The predicted molar refractivity (Wildman–Crippen MR) is 71.3 cm³/mol. The van der Waals surface area contributed by atoms with Gasteiger partial charge in [-0.25, -0.2) is 4.79 Å². The molecule has 19 heavy (non-hydrogen) atoms. The first-order chi connectivity index (χ1) is 9.00. The van der Waals surface area contributed by atoms with Gasteiger partial charge < -0.3 is 5.32 Å². The molecule has 0 spiro atoms. The molecule has 1 aromatic rings. The zero-order valence-electron chi connectivity index (χ0n) is 11.3. The summed E-state index contributed by atoms with van der Waals surface area (Å²) in [5.41, 5.74) is -0.822. The maximum absolute atomic E-state index is 12.1. The normalized spacial score (nSPS) is 16.3. The van der Waals surface area contributed by atoms with E-state index in [-0.39, 0.29) is 17.6 Å². The lowest BCUT2D eigenvalue weighted by Crippen LogP contribution is -2.43. The summed E-state index contributed by atoms with van der Waals surface area (Å²) in [7, 11) is 2.89. The summed E-state index contributed by atoms with van der Waals surface area (Å²) in [5.74, 6) is -0.343. The molecule has 0 unspecified atom stereocenters. The molecular weight excluding hydrogens is 246 g/mol. The molecule has 0 aliphatic heterocycles. The van der Waals surface area contributed by atoms with Crippen LogP contribution in [0.1, 0.15) is 42.6 Å². The van der Waals surface area contributed by atoms with E-state index >= 15 is 0 Å². The smallest absolute Gasteiger partial charge is 0.331 e. The fourth-order valence-corrected chi connectivity index (χ4v) is 2.46. The van der Waals surface area contributed by atoms with Gasteiger partial charge >= 0.3 is 5.69 Å². The maximum atomic E-state index is 12.1. The summed E-state index contributed by atoms with van der Waals surface area (Å²) in [6, 6.07) is 1.36. The van der Waals surface area contributed by atoms with Gasteiger partial charge in [0.15, 0.2) is 0 Å². The van der Waals surface area contributed by atoms with Crippen molar-refractivity contribution < 1.29 is 4.79 Å². The summed E-state index contributed by atoms with van der Waals surface area (Å²) < 4.78 is 2.19. The molecule has 6 heteroatoms. The number of carbonyl (C=O) groups excluding carboxylic acids is 1. The molecular formula is C13H19N3O3. The highest BCUT2D eigenvalue weighted by molar-refractivity contribution is 5.92. The topological polar surface area (TPSA) is 73.1 Å². The van der Waals surface area contributed by atoms with Gasteiger partial charge in [-0.1, -0.05) is 19.3 Å². The average molecular weight is 265 g/mol. The molecule has 2 rings (SSSR count). The van der Waals surface area contributed by atoms with Crippen LogP contribution in [0, 0.1) is 0 Å². The molecule has 1 heterocycles. The Morgan fingerprint density at radius 2 is 1.79 bits per heavy atom. The Morgan fingerprint density at radius 3 is 2.42 bits per heavy atom. The summed E-state index contributed by atoms with van der Waals surface area (Å²) in [6.45, 7) is 0. The Bertz CT molecular complexity index is 594. The molecule has 0 aromatic carbocycles. The van der Waals surface area contributed by atoms with E-state index < -0.39 is 11.2 Å². The second kappa shape index (κ2) is 5.42. The highest BCUT2D eigenvalue weighted by atomic mass is 16.2. The van der Waals surface area contributed by atoms with Crippen LogP contribution >= 0.6 is 0 Å². The number of rotatable bonds is 2. The lowest BCUT2D eigenvalue weighted by atomic mass is 9.95. The van der Waals surface area contributed by atoms with Crippen LogP contribution in [0.15, 0.2) is 15.7 Å². The van der Waals surface area contributed by atoms with Crippen LogP contribution < -0.4 is 16.6 Å². The molecule has 0 saturated heterocycles. The molecule has 1 aliphatic carbocycles. The Kier molecular flexibility index (Phi) is 3.87. The number of carbonyl (C=O) groups is 1. The molecule has 6 nitrogen and oxygen atoms in total. The fraction of sp³-hybridized carbons (Fsp3) is 0.615. The van der Waals surface area contributed by atoms with Gasteiger partial charge in [-0.15, -0.1) is 0 Å². The zero-order valence-corrected chi connectivity index (χ0v) is 11.3. The van der Waals surface area contributed by atoms with Crippen molar-refractivity contribution in [3.05, 3.63) is 32.6 Å². The Balaban J connectivity index is 2.24. The molecule has 1 amide bonds. The second-order valence-corrected chi connectivity index (χ2v) is 5.08. The zero-order chi connectivity index (χ0) is 14.0. The van der Waals surface area contributed by atoms with Gasteiger partial charge in [-0.3, -0.25) is 18.7 Å². The third-order valence-corrected chi connectivity index (χ3v) is 3.70. The third-order valence-electron chi connectivity index (χ3n) is 3.70. The first-order valence-corrected chi connectivity index (χ1v) is 6.58. The SMILES string of the molecule is Cn1c(C(=O)NC2CCCCC2)cc(=O)n(C)c1=O. The monoisotopic (exact) mass is 265 g/mol. The lowest BCUT2D eigenvalue weighted by Gasteiger charge is -2.23. The lowest BCUT2D eigenvalue weighted by molar-refractivity contribution is 0.0917. The predicted octanol–water partition coefficient (Wildman–Crippen LogP) is 0.146. The summed E-state index contributed by atoms with van der Waals surface area (Å²) >= 11 is 0. The molecule has 1 fully saturated rings. The summed E-state index contributed by atoms with van der Waals surface area (Å²) in [5, 5.41) is 2.90. The van der Waals surface area contributed by atoms with E-state index in [0.717, 1.165) is 30.3 Å². The van der Waals surface area contributed by atoms with Crippen molar-refractivity contribution in [2.75, 3.05) is 0 Å². The number of amides is 1. The van der Waals surface area contributed by atoms with Gasteiger partial charge in [0.1, 0.15) is 5.69 Å². The van der Waals surface area contributed by atoms with Crippen molar-refractivity contribution in [1.29, 1.82) is 0 Å². The van der Waals surface area contributed by atoms with Crippen LogP contribution in [0.25, 0.3) is 0 Å². The number of aromatic nitrogens is 2. The van der Waals surface area contributed by atoms with E-state index in [4.69, 9.17) is 0 Å². The van der Waals surface area contributed by atoms with E-state index in [1.54, 1.807) is 0 Å². The standard InChI is InChI=1S/C13H19N3O3/c1-15-10(8-11(17)16(2)13(15)19)12(18)14-9-6-4-3-5-7-9/h8-9H,3-7H2,1-2H3,(H,14,18). The number of nitrogens with zero attached hydrogens (tertiary/aromatic N) is 2. The van der Waals surface area contributed by atoms with Crippen LogP contribution in [0.2, 0.25) is 0 Å². The van der Waals surface area contributed by atoms with E-state index in [1.807, 2.05) is 0 Å². The largest absolute Gasteiger partial charge is 0.348 e. The minimum absolute atomic E-state index is 0.124. The van der Waals surface area contributed by atoms with Gasteiger partial charge in [0, 0.05) is 26.2 Å². The van der Waals surface area contributed by atoms with Crippen molar-refractivity contribution in [3.8, 4) is 0 Å². The molecule has 1 aliphatic rings. The van der Waals surface area contributed by atoms with Crippen LogP contribution in [0.5, 0.6) is 0 Å². The first kappa shape index (κ1) is 13.6. The molecule has 1 aromatic heterocycles. The molecule has 1 saturated carbocycles. The van der Waals surface area contributed by atoms with E-state index in [1.165, 1.54) is 31.1 Å². The molecule has 1 N–H and O–H groups in total. The van der Waals surface area contributed by atoms with Crippen LogP contribution in [-0.2, 0) is 14.1 Å². The van der Waals surface area contributed by atoms with Crippen molar-refractivity contribution >= 4 is 5.91 Å². The van der Waals surface area contributed by atoms with Gasteiger partial charge in [0.25, 0.3) is 11.5 Å². The van der Waals surface area contributed by atoms with Crippen molar-refractivity contribution in [3.63, 3.8) is 0 Å². The van der Waals surface area contributed by atoms with Gasteiger partial charge in [-0.2, -0.15) is 0 Å². The molecule has 0 radical (unpaired) electrons. The van der Waals surface area contributed by atoms with E-state index in [9.17, 15) is 14.4 Å². The van der Waals surface area contributed by atoms with Gasteiger partial charge in [0.05, 0.1) is 0 Å². The molecule has 0 bridgehead atoms. The van der Waals surface area contributed by atoms with Gasteiger partial charge in [0.2, 0.25) is 0 Å². The number of nitrogens with one attached hydrogen (secondary N) is 1. The minimum Gasteiger partial charge on any atom is -0.348 e. The van der Waals surface area contributed by atoms with Crippen LogP contribution in [0.4, 0.5) is 0 Å². The van der Waals surface area contributed by atoms with Gasteiger partial charge in [-0.05, 0) is 12.8 Å². The van der Waals surface area contributed by atoms with E-state index in [2.05, 4.69) is 5.32 Å². The summed E-state index contributed by atoms with van der Waals surface area (Å²) in [6.07, 6.45) is 5.35. The third kappa shape index (κ3) is 2.77. The highest BCUT2D eigenvalue weighted by Gasteiger charge is 2.19. The second-order valence-electron chi connectivity index (χ2n) is 5.08. The maximum Gasteiger partial charge on any atom is 0.331 e. The average Bonchev–Trinajstić information content (AvgIpc) is 2.41. The Hall–Kier alpha value is -1.85. The first-order valence-electron chi connectivity index (χ1n) is 6.58. The quantitative estimate of drug-likeness (QED) is 0.827. The molecule has 0 atom stereocenters. The Morgan fingerprint density at radius 1 is 1.16 bits per heavy atom. The van der Waals surface area contributed by atoms with E-state index in [0.29, 0.717) is 0 Å². The minimum atomic E-state index is -0.485.